The van der Waals surface area contributed by atoms with Gasteiger partial charge in [-0.25, -0.2) is 0 Å². The second-order valence-corrected chi connectivity index (χ2v) is 6.30. The third kappa shape index (κ3) is 2.49. The Labute approximate surface area is 111 Å². The van der Waals surface area contributed by atoms with Gasteiger partial charge in [-0.15, -0.1) is 11.3 Å². The number of hydrogen-bond donors (Lipinski definition) is 1. The minimum atomic E-state index is 0.732. The highest BCUT2D eigenvalue weighted by Crippen LogP contribution is 2.31. The van der Waals surface area contributed by atoms with Crippen LogP contribution in [0.2, 0.25) is 5.02 Å². The molecule has 0 amide bonds. The zero-order valence-corrected chi connectivity index (χ0v) is 11.3. The third-order valence-electron chi connectivity index (χ3n) is 3.48. The lowest BCUT2D eigenvalue weighted by molar-refractivity contribution is 0.527. The van der Waals surface area contributed by atoms with Gasteiger partial charge >= 0.3 is 0 Å². The maximum atomic E-state index is 6.18. The van der Waals surface area contributed by atoms with Crippen LogP contribution >= 0.6 is 22.9 Å². The Hall–Kier alpha value is -0.570. The first-order chi connectivity index (χ1) is 8.33. The highest BCUT2D eigenvalue weighted by atomic mass is 35.5. The van der Waals surface area contributed by atoms with Gasteiger partial charge < -0.3 is 5.32 Å². The predicted molar refractivity (Wildman–Crippen MR) is 75.9 cm³/mol. The molecule has 1 aliphatic carbocycles. The van der Waals surface area contributed by atoms with Crippen LogP contribution in [0.5, 0.6) is 0 Å². The summed E-state index contributed by atoms with van der Waals surface area (Å²) in [4.78, 5) is 1.39. The van der Waals surface area contributed by atoms with Crippen molar-refractivity contribution in [2.24, 2.45) is 0 Å². The van der Waals surface area contributed by atoms with E-state index in [1.807, 2.05) is 23.5 Å². The molecule has 0 bridgehead atoms. The second kappa shape index (κ2) is 4.97. The van der Waals surface area contributed by atoms with Gasteiger partial charge in [0.2, 0.25) is 0 Å². The van der Waals surface area contributed by atoms with Crippen molar-refractivity contribution in [3.05, 3.63) is 34.2 Å². The average molecular weight is 266 g/mol. The van der Waals surface area contributed by atoms with Crippen LogP contribution in [0.4, 0.5) is 0 Å². The van der Waals surface area contributed by atoms with Crippen molar-refractivity contribution < 1.29 is 0 Å². The van der Waals surface area contributed by atoms with Crippen molar-refractivity contribution in [2.75, 3.05) is 0 Å². The SMILES string of the molecule is Clc1cccc2sc(CNC3CCCC3)cc12. The minimum absolute atomic E-state index is 0.732. The third-order valence-corrected chi connectivity index (χ3v) is 4.91. The lowest BCUT2D eigenvalue weighted by atomic mass is 10.2. The van der Waals surface area contributed by atoms with Crippen LogP contribution in [0.15, 0.2) is 24.3 Å². The van der Waals surface area contributed by atoms with Crippen LogP contribution in [-0.4, -0.2) is 6.04 Å². The Morgan fingerprint density at radius 2 is 2.12 bits per heavy atom. The molecule has 1 N–H and O–H groups in total. The molecule has 2 aromatic rings. The number of rotatable bonds is 3. The molecule has 1 heterocycles. The Kier molecular flexibility index (Phi) is 3.37. The Morgan fingerprint density at radius 1 is 1.29 bits per heavy atom. The minimum Gasteiger partial charge on any atom is -0.309 e. The van der Waals surface area contributed by atoms with E-state index in [0.717, 1.165) is 17.6 Å². The monoisotopic (exact) mass is 265 g/mol. The highest BCUT2D eigenvalue weighted by molar-refractivity contribution is 7.19. The van der Waals surface area contributed by atoms with Crippen molar-refractivity contribution in [2.45, 2.75) is 38.3 Å². The van der Waals surface area contributed by atoms with Gasteiger partial charge in [0.05, 0.1) is 0 Å². The summed E-state index contributed by atoms with van der Waals surface area (Å²) in [6, 6.07) is 9.09. The van der Waals surface area contributed by atoms with Gasteiger partial charge in [0.1, 0.15) is 0 Å². The maximum Gasteiger partial charge on any atom is 0.0492 e. The second-order valence-electron chi connectivity index (χ2n) is 4.73. The molecule has 0 aliphatic heterocycles. The number of benzene rings is 1. The fraction of sp³-hybridized carbons (Fsp3) is 0.429. The molecule has 3 rings (SSSR count). The summed E-state index contributed by atoms with van der Waals surface area (Å²) in [5.41, 5.74) is 0. The van der Waals surface area contributed by atoms with Crippen molar-refractivity contribution >= 4 is 33.0 Å². The molecule has 17 heavy (non-hydrogen) atoms. The Bertz CT molecular complexity index is 514. The standard InChI is InChI=1S/C14H16ClNS/c15-13-6-3-7-14-12(13)8-11(17-14)9-16-10-4-1-2-5-10/h3,6-8,10,16H,1-2,4-5,9H2. The molecule has 0 saturated heterocycles. The van der Waals surface area contributed by atoms with Gasteiger partial charge in [-0.3, -0.25) is 0 Å². The molecule has 1 aliphatic rings. The summed E-state index contributed by atoms with van der Waals surface area (Å²) < 4.78 is 1.29. The quantitative estimate of drug-likeness (QED) is 0.856. The van der Waals surface area contributed by atoms with Gasteiger partial charge in [-0.2, -0.15) is 0 Å². The van der Waals surface area contributed by atoms with Gasteiger partial charge in [0.15, 0.2) is 0 Å². The summed E-state index contributed by atoms with van der Waals surface area (Å²) in [5, 5.41) is 5.71. The largest absolute Gasteiger partial charge is 0.309 e. The fourth-order valence-corrected chi connectivity index (χ4v) is 3.87. The topological polar surface area (TPSA) is 12.0 Å². The van der Waals surface area contributed by atoms with Crippen molar-refractivity contribution in [3.63, 3.8) is 0 Å². The zero-order chi connectivity index (χ0) is 11.7. The molecule has 0 unspecified atom stereocenters. The smallest absolute Gasteiger partial charge is 0.0492 e. The van der Waals surface area contributed by atoms with Crippen LogP contribution in [0.1, 0.15) is 30.6 Å². The summed E-state index contributed by atoms with van der Waals surface area (Å²) in [6.07, 6.45) is 5.45. The molecule has 0 atom stereocenters. The highest BCUT2D eigenvalue weighted by Gasteiger charge is 2.14. The number of thiophene rings is 1. The van der Waals surface area contributed by atoms with Crippen LogP contribution < -0.4 is 5.32 Å². The molecule has 90 valence electrons. The molecule has 1 nitrogen and oxygen atoms in total. The summed E-state index contributed by atoms with van der Waals surface area (Å²) >= 11 is 8.03. The zero-order valence-electron chi connectivity index (χ0n) is 9.71. The molecule has 0 spiro atoms. The van der Waals surface area contributed by atoms with E-state index >= 15 is 0 Å². The van der Waals surface area contributed by atoms with Gasteiger partial charge in [-0.05, 0) is 31.0 Å². The summed E-state index contributed by atoms with van der Waals surface area (Å²) in [7, 11) is 0. The van der Waals surface area contributed by atoms with Crippen LogP contribution in [-0.2, 0) is 6.54 Å². The van der Waals surface area contributed by atoms with Gasteiger partial charge in [0, 0.05) is 32.6 Å². The normalized spacial score (nSPS) is 17.0. The van der Waals surface area contributed by atoms with E-state index in [1.54, 1.807) is 0 Å². The number of halogens is 1. The number of nitrogens with one attached hydrogen (secondary N) is 1. The lowest BCUT2D eigenvalue weighted by Crippen LogP contribution is -2.24. The molecule has 0 radical (unpaired) electrons. The van der Waals surface area contributed by atoms with Crippen LogP contribution in [0, 0.1) is 0 Å². The van der Waals surface area contributed by atoms with E-state index in [9.17, 15) is 0 Å². The van der Waals surface area contributed by atoms with Crippen molar-refractivity contribution in [1.82, 2.24) is 5.32 Å². The number of fused-ring (bicyclic) bond motifs is 1. The lowest BCUT2D eigenvalue weighted by Gasteiger charge is -2.09. The molecular weight excluding hydrogens is 250 g/mol. The van der Waals surface area contributed by atoms with Gasteiger partial charge in [0.25, 0.3) is 0 Å². The molecule has 3 heteroatoms. The van der Waals surface area contributed by atoms with E-state index in [1.165, 1.54) is 40.6 Å². The number of hydrogen-bond acceptors (Lipinski definition) is 2. The Balaban J connectivity index is 1.74. The van der Waals surface area contributed by atoms with Crippen LogP contribution in [0.3, 0.4) is 0 Å². The van der Waals surface area contributed by atoms with E-state index in [2.05, 4.69) is 17.4 Å². The predicted octanol–water partition coefficient (Wildman–Crippen LogP) is 4.59. The van der Waals surface area contributed by atoms with Crippen molar-refractivity contribution in [1.29, 1.82) is 0 Å². The molecule has 1 aromatic heterocycles. The summed E-state index contributed by atoms with van der Waals surface area (Å²) in [5.74, 6) is 0. The van der Waals surface area contributed by atoms with E-state index in [4.69, 9.17) is 11.6 Å². The van der Waals surface area contributed by atoms with Crippen molar-refractivity contribution in [3.8, 4) is 0 Å². The average Bonchev–Trinajstić information content (AvgIpc) is 2.95. The van der Waals surface area contributed by atoms with Crippen LogP contribution in [0.25, 0.3) is 10.1 Å². The maximum absolute atomic E-state index is 6.18. The Morgan fingerprint density at radius 3 is 2.88 bits per heavy atom. The van der Waals surface area contributed by atoms with E-state index in [0.29, 0.717) is 0 Å². The fourth-order valence-electron chi connectivity index (χ4n) is 2.54. The first-order valence-corrected chi connectivity index (χ1v) is 7.43. The first kappa shape index (κ1) is 11.5. The molecular formula is C14H16ClNS. The van der Waals surface area contributed by atoms with Gasteiger partial charge in [-0.1, -0.05) is 30.5 Å². The van der Waals surface area contributed by atoms with E-state index in [-0.39, 0.29) is 0 Å². The molecule has 1 saturated carbocycles. The molecule has 1 aromatic carbocycles. The van der Waals surface area contributed by atoms with E-state index < -0.39 is 0 Å². The summed E-state index contributed by atoms with van der Waals surface area (Å²) in [6.45, 7) is 0.986. The molecule has 1 fully saturated rings. The first-order valence-electron chi connectivity index (χ1n) is 6.23.